The van der Waals surface area contributed by atoms with Crippen LogP contribution in [0.1, 0.15) is 22.7 Å². The Morgan fingerprint density at radius 3 is 2.48 bits per heavy atom. The molecule has 9 heteroatoms. The summed E-state index contributed by atoms with van der Waals surface area (Å²) in [5.74, 6) is 1.24. The molecule has 1 aromatic heterocycles. The zero-order chi connectivity index (χ0) is 18.4. The van der Waals surface area contributed by atoms with E-state index in [4.69, 9.17) is 0 Å². The maximum atomic E-state index is 12.3. The molecule has 27 heavy (non-hydrogen) atoms. The van der Waals surface area contributed by atoms with Gasteiger partial charge in [0.05, 0.1) is 11.6 Å². The van der Waals surface area contributed by atoms with Crippen molar-refractivity contribution in [3.8, 4) is 0 Å². The van der Waals surface area contributed by atoms with Crippen molar-refractivity contribution in [2.45, 2.75) is 26.2 Å². The summed E-state index contributed by atoms with van der Waals surface area (Å²) in [5.41, 5.74) is 0. The van der Waals surface area contributed by atoms with Gasteiger partial charge in [-0.25, -0.2) is 4.98 Å². The highest BCUT2D eigenvalue weighted by Crippen LogP contribution is 2.11. The van der Waals surface area contributed by atoms with Crippen molar-refractivity contribution in [3.05, 3.63) is 16.1 Å². The number of likely N-dealkylation sites (tertiary alicyclic amines) is 1. The van der Waals surface area contributed by atoms with Gasteiger partial charge in [-0.1, -0.05) is 0 Å². The van der Waals surface area contributed by atoms with E-state index in [0.29, 0.717) is 6.54 Å². The van der Waals surface area contributed by atoms with Gasteiger partial charge in [-0.2, -0.15) is 0 Å². The van der Waals surface area contributed by atoms with Crippen molar-refractivity contribution in [2.75, 3.05) is 59.4 Å². The number of thiazole rings is 1. The fraction of sp³-hybridized carbons (Fsp3) is 0.722. The predicted octanol–water partition coefficient (Wildman–Crippen LogP) is 1.43. The molecule has 0 radical (unpaired) electrons. The Labute approximate surface area is 183 Å². The first-order valence-electron chi connectivity index (χ1n) is 9.53. The number of piperazine rings is 1. The van der Waals surface area contributed by atoms with Gasteiger partial charge in [-0.3, -0.25) is 14.7 Å². The fourth-order valence-corrected chi connectivity index (χ4v) is 4.29. The number of aliphatic imine (C=N–C) groups is 1. The van der Waals surface area contributed by atoms with Crippen molar-refractivity contribution in [1.29, 1.82) is 0 Å². The van der Waals surface area contributed by atoms with Crippen LogP contribution in [0.4, 0.5) is 0 Å². The Hall–Kier alpha value is -0.940. The number of aromatic nitrogens is 1. The minimum absolute atomic E-state index is 0. The third-order valence-electron chi connectivity index (χ3n) is 4.99. The van der Waals surface area contributed by atoms with E-state index >= 15 is 0 Å². The third kappa shape index (κ3) is 6.56. The summed E-state index contributed by atoms with van der Waals surface area (Å²) < 4.78 is 0. The smallest absolute Gasteiger partial charge is 0.236 e. The summed E-state index contributed by atoms with van der Waals surface area (Å²) in [6.45, 7) is 8.99. The molecule has 0 saturated carbocycles. The normalized spacial score (nSPS) is 18.5. The molecule has 1 N–H and O–H groups in total. The topological polar surface area (TPSA) is 64.1 Å². The van der Waals surface area contributed by atoms with Gasteiger partial charge in [-0.05, 0) is 19.8 Å². The standard InChI is InChI=1S/C18H30N6OS.HI/c1-15-13-21-16(26-15)5-6-20-18(19-2)24-11-9-22(10-12-24)14-17(25)23-7-3-4-8-23;/h13H,3-12,14H2,1-2H3,(H,19,20);1H. The molecule has 7 nitrogen and oxygen atoms in total. The summed E-state index contributed by atoms with van der Waals surface area (Å²) in [6, 6.07) is 0. The van der Waals surface area contributed by atoms with Gasteiger partial charge in [0.1, 0.15) is 0 Å². The SMILES string of the molecule is CN=C(NCCc1ncc(C)s1)N1CCN(CC(=O)N2CCCC2)CC1.I. The van der Waals surface area contributed by atoms with E-state index in [0.717, 1.165) is 76.0 Å². The zero-order valence-corrected chi connectivity index (χ0v) is 19.5. The number of nitrogens with one attached hydrogen (secondary N) is 1. The third-order valence-corrected chi connectivity index (χ3v) is 5.96. The molecule has 2 fully saturated rings. The van der Waals surface area contributed by atoms with E-state index in [9.17, 15) is 4.79 Å². The Bertz CT molecular complexity index is 623. The van der Waals surface area contributed by atoms with Gasteiger partial charge in [0, 0.05) is 70.4 Å². The Kier molecular flexibility index (Phi) is 9.24. The Morgan fingerprint density at radius 2 is 1.89 bits per heavy atom. The Morgan fingerprint density at radius 1 is 1.19 bits per heavy atom. The summed E-state index contributed by atoms with van der Waals surface area (Å²) in [5, 5.41) is 4.61. The first kappa shape index (κ1) is 22.4. The van der Waals surface area contributed by atoms with Crippen molar-refractivity contribution in [1.82, 2.24) is 25.0 Å². The minimum atomic E-state index is 0. The average molecular weight is 506 g/mol. The molecule has 0 bridgehead atoms. The maximum absolute atomic E-state index is 12.3. The molecular weight excluding hydrogens is 475 g/mol. The number of guanidine groups is 1. The van der Waals surface area contributed by atoms with Gasteiger partial charge in [-0.15, -0.1) is 35.3 Å². The van der Waals surface area contributed by atoms with Crippen LogP contribution in [0.3, 0.4) is 0 Å². The van der Waals surface area contributed by atoms with Gasteiger partial charge >= 0.3 is 0 Å². The number of rotatable bonds is 5. The highest BCUT2D eigenvalue weighted by atomic mass is 127. The number of amides is 1. The lowest BCUT2D eigenvalue weighted by atomic mass is 10.3. The van der Waals surface area contributed by atoms with E-state index in [1.165, 1.54) is 4.88 Å². The van der Waals surface area contributed by atoms with Crippen LogP contribution in [-0.4, -0.2) is 91.0 Å². The first-order valence-corrected chi connectivity index (χ1v) is 10.3. The molecule has 3 rings (SSSR count). The van der Waals surface area contributed by atoms with Gasteiger partial charge in [0.15, 0.2) is 5.96 Å². The molecular formula is C18H31IN6OS. The van der Waals surface area contributed by atoms with E-state index in [-0.39, 0.29) is 29.9 Å². The summed E-state index contributed by atoms with van der Waals surface area (Å²) in [7, 11) is 1.83. The molecule has 1 aromatic rings. The quantitative estimate of drug-likeness (QED) is 0.372. The van der Waals surface area contributed by atoms with Crippen LogP contribution in [0, 0.1) is 6.92 Å². The van der Waals surface area contributed by atoms with Crippen molar-refractivity contribution < 1.29 is 4.79 Å². The van der Waals surface area contributed by atoms with E-state index < -0.39 is 0 Å². The van der Waals surface area contributed by atoms with Crippen LogP contribution in [-0.2, 0) is 11.2 Å². The van der Waals surface area contributed by atoms with Gasteiger partial charge in [0.25, 0.3) is 0 Å². The molecule has 1 amide bonds. The molecule has 0 spiro atoms. The zero-order valence-electron chi connectivity index (χ0n) is 16.3. The predicted molar refractivity (Wildman–Crippen MR) is 121 cm³/mol. The van der Waals surface area contributed by atoms with Crippen LogP contribution in [0.5, 0.6) is 0 Å². The van der Waals surface area contributed by atoms with E-state index in [2.05, 4.69) is 32.0 Å². The highest BCUT2D eigenvalue weighted by molar-refractivity contribution is 14.0. The monoisotopic (exact) mass is 506 g/mol. The number of nitrogens with zero attached hydrogens (tertiary/aromatic N) is 5. The first-order chi connectivity index (χ1) is 12.7. The van der Waals surface area contributed by atoms with Crippen molar-refractivity contribution in [3.63, 3.8) is 0 Å². The maximum Gasteiger partial charge on any atom is 0.236 e. The fourth-order valence-electron chi connectivity index (χ4n) is 3.51. The van der Waals surface area contributed by atoms with Crippen LogP contribution >= 0.6 is 35.3 Å². The van der Waals surface area contributed by atoms with Crippen LogP contribution in [0.2, 0.25) is 0 Å². The lowest BCUT2D eigenvalue weighted by Gasteiger charge is -2.36. The second-order valence-electron chi connectivity index (χ2n) is 6.94. The summed E-state index contributed by atoms with van der Waals surface area (Å²) in [6.07, 6.45) is 5.16. The Balaban J connectivity index is 0.00000261. The number of carbonyl (C=O) groups is 1. The highest BCUT2D eigenvalue weighted by Gasteiger charge is 2.24. The second kappa shape index (κ2) is 11.2. The number of aryl methyl sites for hydroxylation is 1. The number of hydrogen-bond acceptors (Lipinski definition) is 5. The molecule has 2 saturated heterocycles. The lowest BCUT2D eigenvalue weighted by molar-refractivity contribution is -0.131. The molecule has 2 aliphatic heterocycles. The van der Waals surface area contributed by atoms with Crippen molar-refractivity contribution >= 4 is 47.2 Å². The van der Waals surface area contributed by atoms with Crippen LogP contribution < -0.4 is 5.32 Å². The minimum Gasteiger partial charge on any atom is -0.356 e. The number of hydrogen-bond donors (Lipinski definition) is 1. The van der Waals surface area contributed by atoms with E-state index in [1.54, 1.807) is 11.3 Å². The molecule has 0 atom stereocenters. The average Bonchev–Trinajstić information content (AvgIpc) is 3.31. The molecule has 3 heterocycles. The van der Waals surface area contributed by atoms with Crippen molar-refractivity contribution in [2.24, 2.45) is 4.99 Å². The second-order valence-corrected chi connectivity index (χ2v) is 8.26. The number of halogens is 1. The number of carbonyl (C=O) groups excluding carboxylic acids is 1. The molecule has 2 aliphatic rings. The van der Waals surface area contributed by atoms with Crippen LogP contribution in [0.25, 0.3) is 0 Å². The molecule has 152 valence electrons. The summed E-state index contributed by atoms with van der Waals surface area (Å²) in [4.78, 5) is 28.9. The van der Waals surface area contributed by atoms with Gasteiger partial charge < -0.3 is 15.1 Å². The van der Waals surface area contributed by atoms with Gasteiger partial charge in [0.2, 0.25) is 5.91 Å². The van der Waals surface area contributed by atoms with Crippen LogP contribution in [0.15, 0.2) is 11.2 Å². The largest absolute Gasteiger partial charge is 0.356 e. The molecule has 0 unspecified atom stereocenters. The summed E-state index contributed by atoms with van der Waals surface area (Å²) >= 11 is 1.75. The molecule has 0 aliphatic carbocycles. The molecule has 0 aromatic carbocycles. The lowest BCUT2D eigenvalue weighted by Crippen LogP contribution is -2.54. The van der Waals surface area contributed by atoms with E-state index in [1.807, 2.05) is 18.1 Å².